The topological polar surface area (TPSA) is 52.6 Å². The third kappa shape index (κ3) is 9.02. The molecule has 0 saturated heterocycles. The van der Waals surface area contributed by atoms with Crippen molar-refractivity contribution in [2.45, 2.75) is 77.0 Å². The summed E-state index contributed by atoms with van der Waals surface area (Å²) in [6.45, 7) is 8.20. The van der Waals surface area contributed by atoms with Crippen molar-refractivity contribution >= 4 is 11.9 Å². The second-order valence-electron chi connectivity index (χ2n) is 6.71. The van der Waals surface area contributed by atoms with E-state index in [2.05, 4.69) is 13.2 Å². The predicted molar refractivity (Wildman–Crippen MR) is 105 cm³/mol. The molecule has 146 valence electrons. The summed E-state index contributed by atoms with van der Waals surface area (Å²) in [5, 5.41) is 0. The number of unbranched alkanes of at least 4 members (excludes halogenated alkanes) is 6. The van der Waals surface area contributed by atoms with Crippen LogP contribution in [0, 0.1) is 0 Å². The van der Waals surface area contributed by atoms with Crippen LogP contribution in [0.5, 0.6) is 0 Å². The molecule has 0 saturated carbocycles. The van der Waals surface area contributed by atoms with Gasteiger partial charge >= 0.3 is 11.9 Å². The van der Waals surface area contributed by atoms with Crippen LogP contribution in [0.1, 0.15) is 77.0 Å². The maximum Gasteiger partial charge on any atom is 0.334 e. The average Bonchev–Trinajstić information content (AvgIpc) is 2.67. The normalized spacial score (nSPS) is 14.0. The molecule has 0 aromatic heterocycles. The number of esters is 2. The van der Waals surface area contributed by atoms with Gasteiger partial charge < -0.3 is 9.47 Å². The molecule has 26 heavy (non-hydrogen) atoms. The summed E-state index contributed by atoms with van der Waals surface area (Å²) in [4.78, 5) is 24.7. The fourth-order valence-electron chi connectivity index (χ4n) is 2.99. The molecule has 0 heterocycles. The Bertz CT molecular complexity index is 446. The first-order valence-electron chi connectivity index (χ1n) is 9.98. The van der Waals surface area contributed by atoms with E-state index >= 15 is 0 Å². The van der Waals surface area contributed by atoms with E-state index in [9.17, 15) is 9.59 Å². The molecular formula is C22H34O4. The van der Waals surface area contributed by atoms with Crippen LogP contribution in [-0.4, -0.2) is 25.2 Å². The molecule has 0 N–H and O–H groups in total. The van der Waals surface area contributed by atoms with Gasteiger partial charge in [-0.3, -0.25) is 0 Å². The van der Waals surface area contributed by atoms with E-state index in [0.29, 0.717) is 37.2 Å². The molecule has 1 aliphatic carbocycles. The highest BCUT2D eigenvalue weighted by molar-refractivity contribution is 6.00. The highest BCUT2D eigenvalue weighted by atomic mass is 16.5. The van der Waals surface area contributed by atoms with Crippen LogP contribution in [0.2, 0.25) is 0 Å². The molecule has 0 spiro atoms. The zero-order valence-corrected chi connectivity index (χ0v) is 16.1. The van der Waals surface area contributed by atoms with Gasteiger partial charge in [-0.05, 0) is 77.0 Å². The van der Waals surface area contributed by atoms with Gasteiger partial charge in [0.15, 0.2) is 0 Å². The largest absolute Gasteiger partial charge is 0.462 e. The number of carbonyl (C=O) groups excluding carboxylic acids is 2. The van der Waals surface area contributed by atoms with E-state index in [0.717, 1.165) is 64.2 Å². The lowest BCUT2D eigenvalue weighted by molar-refractivity contribution is -0.143. The molecule has 0 atom stereocenters. The molecule has 0 amide bonds. The summed E-state index contributed by atoms with van der Waals surface area (Å²) in [5.41, 5.74) is 1.05. The molecule has 0 unspecified atom stereocenters. The number of hydrogen-bond donors (Lipinski definition) is 0. The number of carbonyl (C=O) groups is 2. The van der Waals surface area contributed by atoms with Gasteiger partial charge in [-0.1, -0.05) is 12.2 Å². The van der Waals surface area contributed by atoms with E-state index in [4.69, 9.17) is 9.47 Å². The molecule has 0 aliphatic heterocycles. The molecule has 0 aromatic rings. The SMILES string of the molecule is C=CCCCCCOC(=O)C1=C(C(=O)OCCCCCC=C)CCCC1. The number of allylic oxidation sites excluding steroid dienone is 2. The zero-order valence-electron chi connectivity index (χ0n) is 16.1. The first-order chi connectivity index (χ1) is 12.7. The minimum absolute atomic E-state index is 0.341. The third-order valence-electron chi connectivity index (χ3n) is 4.53. The summed E-state index contributed by atoms with van der Waals surface area (Å²) in [6.07, 6.45) is 14.7. The summed E-state index contributed by atoms with van der Waals surface area (Å²) in [7, 11) is 0. The first-order valence-corrected chi connectivity index (χ1v) is 9.98. The quantitative estimate of drug-likeness (QED) is 0.235. The van der Waals surface area contributed by atoms with E-state index in [1.165, 1.54) is 0 Å². The molecule has 0 aromatic carbocycles. The second-order valence-corrected chi connectivity index (χ2v) is 6.71. The Labute approximate surface area is 158 Å². The number of ether oxygens (including phenoxy) is 2. The fraction of sp³-hybridized carbons (Fsp3) is 0.636. The lowest BCUT2D eigenvalue weighted by Crippen LogP contribution is -2.20. The lowest BCUT2D eigenvalue weighted by atomic mass is 9.91. The van der Waals surface area contributed by atoms with Crippen LogP contribution >= 0.6 is 0 Å². The van der Waals surface area contributed by atoms with Crippen LogP contribution in [0.25, 0.3) is 0 Å². The molecule has 1 rings (SSSR count). The van der Waals surface area contributed by atoms with Crippen molar-refractivity contribution in [2.75, 3.05) is 13.2 Å². The lowest BCUT2D eigenvalue weighted by Gasteiger charge is -2.18. The Kier molecular flexibility index (Phi) is 12.2. The Balaban J connectivity index is 2.41. The number of hydrogen-bond acceptors (Lipinski definition) is 4. The van der Waals surface area contributed by atoms with Crippen molar-refractivity contribution < 1.29 is 19.1 Å². The Hall–Kier alpha value is -1.84. The van der Waals surface area contributed by atoms with Crippen molar-refractivity contribution in [3.05, 3.63) is 36.5 Å². The highest BCUT2D eigenvalue weighted by Gasteiger charge is 2.25. The van der Waals surface area contributed by atoms with Gasteiger partial charge in [0.1, 0.15) is 0 Å². The van der Waals surface area contributed by atoms with E-state index in [-0.39, 0.29) is 11.9 Å². The van der Waals surface area contributed by atoms with Crippen LogP contribution in [-0.2, 0) is 19.1 Å². The monoisotopic (exact) mass is 362 g/mol. The summed E-state index contributed by atoms with van der Waals surface area (Å²) in [6, 6.07) is 0. The van der Waals surface area contributed by atoms with E-state index in [1.54, 1.807) is 0 Å². The Morgan fingerprint density at radius 1 is 0.731 bits per heavy atom. The van der Waals surface area contributed by atoms with Crippen LogP contribution in [0.3, 0.4) is 0 Å². The molecule has 0 radical (unpaired) electrons. The van der Waals surface area contributed by atoms with Gasteiger partial charge in [-0.2, -0.15) is 0 Å². The standard InChI is InChI=1S/C22H34O4/c1-3-5-7-9-13-17-25-21(23)19-15-11-12-16-20(19)22(24)26-18-14-10-8-6-4-2/h3-4H,1-2,5-18H2. The van der Waals surface area contributed by atoms with Gasteiger partial charge in [-0.15, -0.1) is 13.2 Å². The minimum Gasteiger partial charge on any atom is -0.462 e. The van der Waals surface area contributed by atoms with E-state index < -0.39 is 0 Å². The molecule has 1 aliphatic rings. The maximum atomic E-state index is 12.3. The average molecular weight is 363 g/mol. The van der Waals surface area contributed by atoms with Crippen LogP contribution < -0.4 is 0 Å². The van der Waals surface area contributed by atoms with Crippen molar-refractivity contribution in [1.82, 2.24) is 0 Å². The maximum absolute atomic E-state index is 12.3. The first kappa shape index (κ1) is 22.2. The Morgan fingerprint density at radius 2 is 1.15 bits per heavy atom. The van der Waals surface area contributed by atoms with E-state index in [1.807, 2.05) is 12.2 Å². The van der Waals surface area contributed by atoms with Crippen molar-refractivity contribution in [3.63, 3.8) is 0 Å². The Morgan fingerprint density at radius 3 is 1.54 bits per heavy atom. The molecule has 0 fully saturated rings. The molecular weight excluding hydrogens is 328 g/mol. The summed E-state index contributed by atoms with van der Waals surface area (Å²) < 4.78 is 10.7. The van der Waals surface area contributed by atoms with Crippen molar-refractivity contribution in [2.24, 2.45) is 0 Å². The second kappa shape index (κ2) is 14.3. The predicted octanol–water partition coefficient (Wildman–Crippen LogP) is 5.44. The van der Waals surface area contributed by atoms with Gasteiger partial charge in [0.25, 0.3) is 0 Å². The van der Waals surface area contributed by atoms with Gasteiger partial charge in [0.2, 0.25) is 0 Å². The molecule has 4 nitrogen and oxygen atoms in total. The zero-order chi connectivity index (χ0) is 19.0. The third-order valence-corrected chi connectivity index (χ3v) is 4.53. The summed E-state index contributed by atoms with van der Waals surface area (Å²) >= 11 is 0. The number of rotatable bonds is 14. The fourth-order valence-corrected chi connectivity index (χ4v) is 2.99. The summed E-state index contributed by atoms with van der Waals surface area (Å²) in [5.74, 6) is -0.683. The van der Waals surface area contributed by atoms with Crippen molar-refractivity contribution in [1.29, 1.82) is 0 Å². The highest BCUT2D eigenvalue weighted by Crippen LogP contribution is 2.27. The van der Waals surface area contributed by atoms with Crippen LogP contribution in [0.4, 0.5) is 0 Å². The minimum atomic E-state index is -0.341. The van der Waals surface area contributed by atoms with Crippen molar-refractivity contribution in [3.8, 4) is 0 Å². The van der Waals surface area contributed by atoms with Crippen LogP contribution in [0.15, 0.2) is 36.5 Å². The smallest absolute Gasteiger partial charge is 0.334 e. The van der Waals surface area contributed by atoms with Gasteiger partial charge in [-0.25, -0.2) is 9.59 Å². The molecule has 4 heteroatoms. The van der Waals surface area contributed by atoms with Gasteiger partial charge in [0, 0.05) is 11.1 Å². The molecule has 0 bridgehead atoms. The van der Waals surface area contributed by atoms with Gasteiger partial charge in [0.05, 0.1) is 13.2 Å².